The molecule has 2 aliphatic rings. The molecule has 2 aliphatic heterocycles. The Balaban J connectivity index is 1.40. The Hall–Kier alpha value is -2.90. The van der Waals surface area contributed by atoms with E-state index in [0.717, 1.165) is 66.5 Å². The van der Waals surface area contributed by atoms with E-state index in [1.807, 2.05) is 32.0 Å². The van der Waals surface area contributed by atoms with Crippen LogP contribution in [-0.4, -0.2) is 48.5 Å². The molecule has 0 aliphatic carbocycles. The summed E-state index contributed by atoms with van der Waals surface area (Å²) in [6.07, 6.45) is 7.29. The summed E-state index contributed by atoms with van der Waals surface area (Å²) in [5.74, 6) is -0.511. The first-order chi connectivity index (χ1) is 18.2. The Morgan fingerprint density at radius 1 is 1.08 bits per heavy atom. The number of allylic oxidation sites excluding steroid dienone is 2. The van der Waals surface area contributed by atoms with E-state index in [0.29, 0.717) is 17.7 Å². The fraction of sp³-hybridized carbons (Fsp3) is 0.484. The first kappa shape index (κ1) is 28.1. The van der Waals surface area contributed by atoms with Crippen molar-refractivity contribution in [3.8, 4) is 11.5 Å². The van der Waals surface area contributed by atoms with Gasteiger partial charge < -0.3 is 15.0 Å². The first-order valence-electron chi connectivity index (χ1n) is 13.7. The van der Waals surface area contributed by atoms with Gasteiger partial charge in [0.15, 0.2) is 11.6 Å². The SMILES string of the molecule is CC1=NN=C(C(C)NC2CCN(C)CC2)CCC1C/C=C(\C)c1cc(C)ccc1Oc1ccc(F)cc1F. The second kappa shape index (κ2) is 12.8. The second-order valence-corrected chi connectivity index (χ2v) is 10.8. The number of hydrogen-bond donors (Lipinski definition) is 1. The molecule has 1 saturated heterocycles. The van der Waals surface area contributed by atoms with Crippen molar-refractivity contribution in [3.63, 3.8) is 0 Å². The number of benzene rings is 2. The summed E-state index contributed by atoms with van der Waals surface area (Å²) >= 11 is 0. The zero-order chi connectivity index (χ0) is 27.2. The van der Waals surface area contributed by atoms with Crippen molar-refractivity contribution in [1.82, 2.24) is 10.2 Å². The molecule has 7 heteroatoms. The van der Waals surface area contributed by atoms with Crippen LogP contribution in [0.5, 0.6) is 11.5 Å². The monoisotopic (exact) mass is 522 g/mol. The predicted molar refractivity (Wildman–Crippen MR) is 152 cm³/mol. The van der Waals surface area contributed by atoms with Crippen LogP contribution < -0.4 is 10.1 Å². The molecule has 5 nitrogen and oxygen atoms in total. The Kier molecular flexibility index (Phi) is 9.44. The average Bonchev–Trinajstić information content (AvgIpc) is 3.07. The third kappa shape index (κ3) is 7.35. The molecule has 4 rings (SSSR count). The van der Waals surface area contributed by atoms with Crippen molar-refractivity contribution in [2.24, 2.45) is 16.1 Å². The molecule has 0 aromatic heterocycles. The lowest BCUT2D eigenvalue weighted by molar-refractivity contribution is 0.232. The van der Waals surface area contributed by atoms with E-state index in [-0.39, 0.29) is 11.8 Å². The lowest BCUT2D eigenvalue weighted by atomic mass is 9.91. The maximum atomic E-state index is 14.2. The first-order valence-corrected chi connectivity index (χ1v) is 13.7. The fourth-order valence-corrected chi connectivity index (χ4v) is 5.17. The zero-order valence-electron chi connectivity index (χ0n) is 23.2. The van der Waals surface area contributed by atoms with Crippen LogP contribution in [0.1, 0.15) is 64.0 Å². The number of aryl methyl sites for hydroxylation is 1. The van der Waals surface area contributed by atoms with Gasteiger partial charge in [-0.2, -0.15) is 10.2 Å². The highest BCUT2D eigenvalue weighted by atomic mass is 19.1. The molecular formula is C31H40F2N4O. The van der Waals surface area contributed by atoms with Gasteiger partial charge in [-0.25, -0.2) is 8.78 Å². The van der Waals surface area contributed by atoms with Crippen LogP contribution in [0, 0.1) is 24.5 Å². The maximum absolute atomic E-state index is 14.2. The minimum Gasteiger partial charge on any atom is -0.454 e. The summed E-state index contributed by atoms with van der Waals surface area (Å²) in [6.45, 7) is 10.6. The third-order valence-corrected chi connectivity index (χ3v) is 7.76. The Morgan fingerprint density at radius 2 is 1.82 bits per heavy atom. The third-order valence-electron chi connectivity index (χ3n) is 7.76. The number of nitrogens with one attached hydrogen (secondary N) is 1. The summed E-state index contributed by atoms with van der Waals surface area (Å²) in [5, 5.41) is 13.0. The minimum absolute atomic E-state index is 0.00343. The molecule has 2 atom stereocenters. The smallest absolute Gasteiger partial charge is 0.168 e. The van der Waals surface area contributed by atoms with Crippen molar-refractivity contribution in [3.05, 3.63) is 65.2 Å². The van der Waals surface area contributed by atoms with Gasteiger partial charge in [0.2, 0.25) is 0 Å². The van der Waals surface area contributed by atoms with Crippen LogP contribution in [0.25, 0.3) is 5.57 Å². The Labute approximate surface area is 225 Å². The van der Waals surface area contributed by atoms with Gasteiger partial charge in [-0.3, -0.25) is 0 Å². The number of nitrogens with zero attached hydrogens (tertiary/aromatic N) is 3. The molecule has 2 unspecified atom stereocenters. The van der Waals surface area contributed by atoms with Gasteiger partial charge in [0.1, 0.15) is 11.6 Å². The van der Waals surface area contributed by atoms with Crippen LogP contribution in [0.2, 0.25) is 0 Å². The summed E-state index contributed by atoms with van der Waals surface area (Å²) in [6, 6.07) is 9.90. The number of ether oxygens (including phenoxy) is 1. The van der Waals surface area contributed by atoms with Crippen LogP contribution in [-0.2, 0) is 0 Å². The van der Waals surface area contributed by atoms with E-state index in [4.69, 9.17) is 4.74 Å². The van der Waals surface area contributed by atoms with Gasteiger partial charge >= 0.3 is 0 Å². The highest BCUT2D eigenvalue weighted by Gasteiger charge is 2.23. The van der Waals surface area contributed by atoms with Gasteiger partial charge in [-0.15, -0.1) is 0 Å². The molecule has 38 heavy (non-hydrogen) atoms. The molecule has 0 radical (unpaired) electrons. The molecule has 0 amide bonds. The van der Waals surface area contributed by atoms with Crippen LogP contribution in [0.4, 0.5) is 8.78 Å². The highest BCUT2D eigenvalue weighted by Crippen LogP contribution is 2.33. The molecule has 2 aromatic rings. The molecular weight excluding hydrogens is 482 g/mol. The van der Waals surface area contributed by atoms with Crippen molar-refractivity contribution in [2.45, 2.75) is 71.9 Å². The molecule has 0 spiro atoms. The number of likely N-dealkylation sites (tertiary alicyclic amines) is 1. The molecule has 2 aromatic carbocycles. The molecule has 1 fully saturated rings. The van der Waals surface area contributed by atoms with E-state index >= 15 is 0 Å². The van der Waals surface area contributed by atoms with Crippen molar-refractivity contribution >= 4 is 17.0 Å². The quantitative estimate of drug-likeness (QED) is 0.400. The van der Waals surface area contributed by atoms with Crippen molar-refractivity contribution in [1.29, 1.82) is 0 Å². The standard InChI is InChI=1S/C31H40F2N4O/c1-20-6-12-30(38-31-13-10-25(32)19-28(31)33)27(18-20)21(2)7-8-24-9-11-29(36-35-22(24)3)23(4)34-26-14-16-37(5)17-15-26/h6-7,10,12-13,18-19,23-24,26,34H,8-9,11,14-17H2,1-5H3/b21-7+. The number of halogens is 2. The van der Waals surface area contributed by atoms with Crippen molar-refractivity contribution in [2.75, 3.05) is 20.1 Å². The van der Waals surface area contributed by atoms with E-state index < -0.39 is 11.6 Å². The topological polar surface area (TPSA) is 49.2 Å². The number of hydrogen-bond acceptors (Lipinski definition) is 5. The molecule has 0 saturated carbocycles. The van der Waals surface area contributed by atoms with Crippen LogP contribution in [0.3, 0.4) is 0 Å². The van der Waals surface area contributed by atoms with Gasteiger partial charge in [0.05, 0.1) is 5.71 Å². The number of piperidine rings is 1. The van der Waals surface area contributed by atoms with Gasteiger partial charge in [-0.05, 0) is 110 Å². The summed E-state index contributed by atoms with van der Waals surface area (Å²) in [4.78, 5) is 2.38. The summed E-state index contributed by atoms with van der Waals surface area (Å²) < 4.78 is 33.5. The lowest BCUT2D eigenvalue weighted by Crippen LogP contribution is -2.46. The fourth-order valence-electron chi connectivity index (χ4n) is 5.17. The van der Waals surface area contributed by atoms with E-state index in [1.54, 1.807) is 0 Å². The summed E-state index contributed by atoms with van der Waals surface area (Å²) in [5.41, 5.74) is 5.19. The molecule has 1 N–H and O–H groups in total. The summed E-state index contributed by atoms with van der Waals surface area (Å²) in [7, 11) is 2.18. The number of rotatable bonds is 8. The molecule has 2 heterocycles. The lowest BCUT2D eigenvalue weighted by Gasteiger charge is -2.31. The largest absolute Gasteiger partial charge is 0.454 e. The normalized spacial score (nSPS) is 20.5. The Morgan fingerprint density at radius 3 is 2.55 bits per heavy atom. The van der Waals surface area contributed by atoms with E-state index in [1.165, 1.54) is 25.0 Å². The second-order valence-electron chi connectivity index (χ2n) is 10.8. The van der Waals surface area contributed by atoms with Crippen LogP contribution in [0.15, 0.2) is 52.7 Å². The van der Waals surface area contributed by atoms with Gasteiger partial charge in [-0.1, -0.05) is 17.7 Å². The zero-order valence-corrected chi connectivity index (χ0v) is 23.2. The highest BCUT2D eigenvalue weighted by molar-refractivity contribution is 5.93. The molecule has 0 bridgehead atoms. The maximum Gasteiger partial charge on any atom is 0.168 e. The van der Waals surface area contributed by atoms with Crippen molar-refractivity contribution < 1.29 is 13.5 Å². The van der Waals surface area contributed by atoms with Gasteiger partial charge in [0.25, 0.3) is 0 Å². The van der Waals surface area contributed by atoms with E-state index in [2.05, 4.69) is 47.4 Å². The average molecular weight is 523 g/mol. The Bertz CT molecular complexity index is 1210. The van der Waals surface area contributed by atoms with Crippen LogP contribution >= 0.6 is 0 Å². The van der Waals surface area contributed by atoms with E-state index in [9.17, 15) is 8.78 Å². The van der Waals surface area contributed by atoms with Gasteiger partial charge in [0, 0.05) is 35.3 Å². The molecule has 204 valence electrons. The predicted octanol–water partition coefficient (Wildman–Crippen LogP) is 7.16. The minimum atomic E-state index is -0.723.